The summed E-state index contributed by atoms with van der Waals surface area (Å²) in [4.78, 5) is 4.58. The molecule has 2 N–H and O–H groups in total. The van der Waals surface area contributed by atoms with E-state index in [1.807, 2.05) is 19.4 Å². The maximum atomic E-state index is 4.58. The summed E-state index contributed by atoms with van der Waals surface area (Å²) in [7, 11) is 1.91. The maximum absolute atomic E-state index is 4.58. The van der Waals surface area contributed by atoms with E-state index in [1.165, 1.54) is 11.1 Å². The fraction of sp³-hybridized carbons (Fsp3) is 0.375. The van der Waals surface area contributed by atoms with Gasteiger partial charge in [0.1, 0.15) is 0 Å². The molecule has 0 radical (unpaired) electrons. The molecule has 1 aromatic heterocycles. The lowest BCUT2D eigenvalue weighted by Crippen LogP contribution is -2.36. The fourth-order valence-corrected chi connectivity index (χ4v) is 2.05. The van der Waals surface area contributed by atoms with Crippen LogP contribution in [0.5, 0.6) is 0 Å². The van der Waals surface area contributed by atoms with Crippen molar-refractivity contribution in [1.82, 2.24) is 20.4 Å². The lowest BCUT2D eigenvalue weighted by molar-refractivity contribution is 0.766. The average Bonchev–Trinajstić information content (AvgIpc) is 2.89. The highest BCUT2D eigenvalue weighted by Crippen LogP contribution is 2.06. The second-order valence-electron chi connectivity index (χ2n) is 5.00. The first-order chi connectivity index (χ1) is 10.2. The Morgan fingerprint density at radius 1 is 1.27 bits per heavy atom. The molecule has 0 aliphatic heterocycles. The first kappa shape index (κ1) is 18.5. The molecule has 0 saturated heterocycles. The van der Waals surface area contributed by atoms with Crippen molar-refractivity contribution in [2.75, 3.05) is 6.54 Å². The highest BCUT2D eigenvalue weighted by Gasteiger charge is 2.01. The van der Waals surface area contributed by atoms with Gasteiger partial charge in [0.25, 0.3) is 0 Å². The number of rotatable bonds is 5. The highest BCUT2D eigenvalue weighted by molar-refractivity contribution is 14.0. The minimum absolute atomic E-state index is 0. The predicted molar refractivity (Wildman–Crippen MR) is 101 cm³/mol. The molecule has 0 aliphatic rings. The number of halogens is 1. The van der Waals surface area contributed by atoms with E-state index in [2.05, 4.69) is 58.8 Å². The standard InChI is InChI=1S/C16H23N5.HI/c1-4-17-16(18-9-14-10-20-21(3)12-14)19-11-15-8-6-5-7-13(15)2;/h5-8,10,12H,4,9,11H2,1-3H3,(H2,17,18,19);1H. The van der Waals surface area contributed by atoms with Gasteiger partial charge in [-0.05, 0) is 25.0 Å². The van der Waals surface area contributed by atoms with Gasteiger partial charge in [-0.2, -0.15) is 5.10 Å². The van der Waals surface area contributed by atoms with Crippen LogP contribution in [0.1, 0.15) is 23.6 Å². The van der Waals surface area contributed by atoms with Gasteiger partial charge in [0, 0.05) is 31.9 Å². The minimum atomic E-state index is 0. The summed E-state index contributed by atoms with van der Waals surface area (Å²) in [5, 5.41) is 10.8. The summed E-state index contributed by atoms with van der Waals surface area (Å²) < 4.78 is 1.79. The van der Waals surface area contributed by atoms with Crippen molar-refractivity contribution in [1.29, 1.82) is 0 Å². The highest BCUT2D eigenvalue weighted by atomic mass is 127. The molecule has 0 fully saturated rings. The van der Waals surface area contributed by atoms with E-state index in [4.69, 9.17) is 0 Å². The summed E-state index contributed by atoms with van der Waals surface area (Å²) in [6.07, 6.45) is 3.82. The predicted octanol–water partition coefficient (Wildman–Crippen LogP) is 2.60. The minimum Gasteiger partial charge on any atom is -0.357 e. The van der Waals surface area contributed by atoms with Crippen LogP contribution in [0.4, 0.5) is 0 Å². The molecule has 0 unspecified atom stereocenters. The third-order valence-corrected chi connectivity index (χ3v) is 3.23. The van der Waals surface area contributed by atoms with Gasteiger partial charge in [0.15, 0.2) is 5.96 Å². The van der Waals surface area contributed by atoms with Crippen LogP contribution in [0.25, 0.3) is 0 Å². The van der Waals surface area contributed by atoms with Crippen LogP contribution in [0.3, 0.4) is 0 Å². The zero-order valence-electron chi connectivity index (χ0n) is 13.3. The van der Waals surface area contributed by atoms with Crippen LogP contribution in [-0.4, -0.2) is 22.3 Å². The van der Waals surface area contributed by atoms with E-state index in [0.717, 1.165) is 24.6 Å². The van der Waals surface area contributed by atoms with Crippen molar-refractivity contribution in [3.8, 4) is 0 Å². The van der Waals surface area contributed by atoms with E-state index >= 15 is 0 Å². The Morgan fingerprint density at radius 2 is 2.05 bits per heavy atom. The molecule has 0 atom stereocenters. The Bertz CT molecular complexity index is 606. The Labute approximate surface area is 149 Å². The van der Waals surface area contributed by atoms with Gasteiger partial charge in [-0.15, -0.1) is 24.0 Å². The molecule has 120 valence electrons. The van der Waals surface area contributed by atoms with Gasteiger partial charge in [0.2, 0.25) is 0 Å². The molecule has 6 heteroatoms. The van der Waals surface area contributed by atoms with Crippen molar-refractivity contribution >= 4 is 29.9 Å². The van der Waals surface area contributed by atoms with Crippen molar-refractivity contribution in [3.05, 3.63) is 53.3 Å². The molecule has 0 aliphatic carbocycles. The Kier molecular flexibility index (Phi) is 7.94. The second kappa shape index (κ2) is 9.45. The summed E-state index contributed by atoms with van der Waals surface area (Å²) in [5.41, 5.74) is 3.67. The number of hydrogen-bond donors (Lipinski definition) is 2. The smallest absolute Gasteiger partial charge is 0.191 e. The van der Waals surface area contributed by atoms with E-state index < -0.39 is 0 Å². The van der Waals surface area contributed by atoms with Crippen LogP contribution in [-0.2, 0) is 20.1 Å². The number of nitrogens with one attached hydrogen (secondary N) is 2. The van der Waals surface area contributed by atoms with Crippen molar-refractivity contribution in [2.24, 2.45) is 12.0 Å². The first-order valence-corrected chi connectivity index (χ1v) is 7.23. The molecule has 1 aromatic carbocycles. The number of aromatic nitrogens is 2. The van der Waals surface area contributed by atoms with E-state index in [9.17, 15) is 0 Å². The number of benzene rings is 1. The summed E-state index contributed by atoms with van der Waals surface area (Å²) >= 11 is 0. The van der Waals surface area contributed by atoms with Crippen LogP contribution in [0, 0.1) is 6.92 Å². The van der Waals surface area contributed by atoms with Gasteiger partial charge in [-0.25, -0.2) is 4.99 Å². The fourth-order valence-electron chi connectivity index (χ4n) is 2.05. The molecule has 5 nitrogen and oxygen atoms in total. The molecular weight excluding hydrogens is 389 g/mol. The van der Waals surface area contributed by atoms with Crippen LogP contribution < -0.4 is 10.6 Å². The molecule has 0 saturated carbocycles. The van der Waals surface area contributed by atoms with Crippen molar-refractivity contribution in [2.45, 2.75) is 26.9 Å². The summed E-state index contributed by atoms with van der Waals surface area (Å²) in [6.45, 7) is 6.42. The van der Waals surface area contributed by atoms with Crippen molar-refractivity contribution < 1.29 is 0 Å². The Hall–Kier alpha value is -1.57. The van der Waals surface area contributed by atoms with E-state index in [0.29, 0.717) is 6.54 Å². The van der Waals surface area contributed by atoms with Gasteiger partial charge in [-0.3, -0.25) is 4.68 Å². The number of aliphatic imine (C=N–C) groups is 1. The SMILES string of the molecule is CCNC(=NCc1cnn(C)c1)NCc1ccccc1C.I. The normalized spacial score (nSPS) is 11.0. The van der Waals surface area contributed by atoms with E-state index in [1.54, 1.807) is 4.68 Å². The van der Waals surface area contributed by atoms with Gasteiger partial charge >= 0.3 is 0 Å². The largest absolute Gasteiger partial charge is 0.357 e. The Balaban J connectivity index is 0.00000242. The molecule has 2 aromatic rings. The first-order valence-electron chi connectivity index (χ1n) is 7.23. The van der Waals surface area contributed by atoms with Gasteiger partial charge in [-0.1, -0.05) is 24.3 Å². The summed E-state index contributed by atoms with van der Waals surface area (Å²) in [6, 6.07) is 8.37. The molecule has 22 heavy (non-hydrogen) atoms. The van der Waals surface area contributed by atoms with Gasteiger partial charge < -0.3 is 10.6 Å². The van der Waals surface area contributed by atoms with E-state index in [-0.39, 0.29) is 24.0 Å². The lowest BCUT2D eigenvalue weighted by atomic mass is 10.1. The number of guanidine groups is 1. The molecule has 0 bridgehead atoms. The summed E-state index contributed by atoms with van der Waals surface area (Å²) in [5.74, 6) is 0.824. The quantitative estimate of drug-likeness (QED) is 0.450. The van der Waals surface area contributed by atoms with Crippen LogP contribution >= 0.6 is 24.0 Å². The topological polar surface area (TPSA) is 54.2 Å². The number of aryl methyl sites for hydroxylation is 2. The Morgan fingerprint density at radius 3 is 2.68 bits per heavy atom. The maximum Gasteiger partial charge on any atom is 0.191 e. The third-order valence-electron chi connectivity index (χ3n) is 3.23. The van der Waals surface area contributed by atoms with Crippen LogP contribution in [0.15, 0.2) is 41.7 Å². The zero-order chi connectivity index (χ0) is 15.1. The van der Waals surface area contributed by atoms with Crippen molar-refractivity contribution in [3.63, 3.8) is 0 Å². The zero-order valence-corrected chi connectivity index (χ0v) is 15.7. The molecule has 1 heterocycles. The number of nitrogens with zero attached hydrogens (tertiary/aromatic N) is 3. The number of hydrogen-bond acceptors (Lipinski definition) is 2. The van der Waals surface area contributed by atoms with Crippen LogP contribution in [0.2, 0.25) is 0 Å². The average molecular weight is 413 g/mol. The molecular formula is C16H24IN5. The second-order valence-corrected chi connectivity index (χ2v) is 5.00. The molecule has 2 rings (SSSR count). The third kappa shape index (κ3) is 5.67. The monoisotopic (exact) mass is 413 g/mol. The molecule has 0 spiro atoms. The lowest BCUT2D eigenvalue weighted by Gasteiger charge is -2.12. The van der Waals surface area contributed by atoms with Gasteiger partial charge in [0.05, 0.1) is 12.7 Å². The molecule has 0 amide bonds.